The second kappa shape index (κ2) is 5.71. The maximum absolute atomic E-state index is 5.92. The van der Waals surface area contributed by atoms with Gasteiger partial charge >= 0.3 is 0 Å². The van der Waals surface area contributed by atoms with Crippen LogP contribution in [-0.4, -0.2) is 7.11 Å². The summed E-state index contributed by atoms with van der Waals surface area (Å²) in [4.78, 5) is 0. The lowest BCUT2D eigenvalue weighted by Gasteiger charge is -2.04. The molecule has 104 valence electrons. The van der Waals surface area contributed by atoms with E-state index >= 15 is 0 Å². The first-order valence-electron chi connectivity index (χ1n) is 6.87. The van der Waals surface area contributed by atoms with Crippen molar-refractivity contribution < 1.29 is 4.74 Å². The molecular formula is C19H17NO. The van der Waals surface area contributed by atoms with Gasteiger partial charge < -0.3 is 10.5 Å². The molecule has 0 fully saturated rings. The van der Waals surface area contributed by atoms with Gasteiger partial charge in [0.2, 0.25) is 0 Å². The molecule has 21 heavy (non-hydrogen) atoms. The summed E-state index contributed by atoms with van der Waals surface area (Å²) in [6.45, 7) is 0. The predicted octanol–water partition coefficient (Wildman–Crippen LogP) is 4.60. The molecular weight excluding hydrogens is 258 g/mol. The number of anilines is 1. The van der Waals surface area contributed by atoms with Crippen LogP contribution in [0.25, 0.3) is 22.9 Å². The van der Waals surface area contributed by atoms with Gasteiger partial charge in [0.05, 0.1) is 12.8 Å². The molecule has 0 amide bonds. The van der Waals surface area contributed by atoms with Gasteiger partial charge in [0.25, 0.3) is 0 Å². The minimum Gasteiger partial charge on any atom is -0.495 e. The van der Waals surface area contributed by atoms with Crippen molar-refractivity contribution in [3.63, 3.8) is 0 Å². The van der Waals surface area contributed by atoms with Gasteiger partial charge in [-0.2, -0.15) is 0 Å². The van der Waals surface area contributed by atoms with Crippen LogP contribution in [0.2, 0.25) is 0 Å². The number of hydrogen-bond donors (Lipinski definition) is 1. The topological polar surface area (TPSA) is 35.2 Å². The first-order valence-corrected chi connectivity index (χ1v) is 6.87. The van der Waals surface area contributed by atoms with E-state index in [9.17, 15) is 0 Å². The van der Waals surface area contributed by atoms with Crippen molar-refractivity contribution in [2.24, 2.45) is 0 Å². The SMILES string of the molecule is COc1ccc(/C=C\c2ccc3ccccc3c2)cc1N. The van der Waals surface area contributed by atoms with Crippen molar-refractivity contribution in [2.45, 2.75) is 0 Å². The van der Waals surface area contributed by atoms with E-state index in [0.29, 0.717) is 11.4 Å². The van der Waals surface area contributed by atoms with Crippen LogP contribution in [0, 0.1) is 0 Å². The summed E-state index contributed by atoms with van der Waals surface area (Å²) in [5.74, 6) is 0.706. The molecule has 0 heterocycles. The Morgan fingerprint density at radius 2 is 1.48 bits per heavy atom. The van der Waals surface area contributed by atoms with E-state index in [1.54, 1.807) is 7.11 Å². The van der Waals surface area contributed by atoms with Crippen molar-refractivity contribution in [2.75, 3.05) is 12.8 Å². The molecule has 2 N–H and O–H groups in total. The molecule has 0 radical (unpaired) electrons. The number of benzene rings is 3. The average molecular weight is 275 g/mol. The van der Waals surface area contributed by atoms with Crippen molar-refractivity contribution in [1.82, 2.24) is 0 Å². The Labute approximate surface area is 124 Å². The smallest absolute Gasteiger partial charge is 0.141 e. The fourth-order valence-corrected chi connectivity index (χ4v) is 2.36. The van der Waals surface area contributed by atoms with Gasteiger partial charge in [-0.3, -0.25) is 0 Å². The highest BCUT2D eigenvalue weighted by Crippen LogP contribution is 2.23. The summed E-state index contributed by atoms with van der Waals surface area (Å²) < 4.78 is 5.16. The third-order valence-electron chi connectivity index (χ3n) is 3.50. The molecule has 0 aliphatic carbocycles. The largest absolute Gasteiger partial charge is 0.495 e. The Morgan fingerprint density at radius 1 is 0.810 bits per heavy atom. The van der Waals surface area contributed by atoms with Gasteiger partial charge in [-0.25, -0.2) is 0 Å². The van der Waals surface area contributed by atoms with E-state index in [2.05, 4.69) is 54.6 Å². The number of hydrogen-bond acceptors (Lipinski definition) is 2. The standard InChI is InChI=1S/C19H17NO/c1-21-19-11-9-15(13-18(19)20)7-6-14-8-10-16-4-2-3-5-17(16)12-14/h2-13H,20H2,1H3/b7-6-. The lowest BCUT2D eigenvalue weighted by molar-refractivity contribution is 0.417. The second-order valence-electron chi connectivity index (χ2n) is 4.94. The second-order valence-corrected chi connectivity index (χ2v) is 4.94. The molecule has 0 atom stereocenters. The number of nitrogen functional groups attached to an aromatic ring is 1. The maximum atomic E-state index is 5.92. The van der Waals surface area contributed by atoms with Gasteiger partial charge in [0.1, 0.15) is 5.75 Å². The molecule has 3 aromatic rings. The predicted molar refractivity (Wildman–Crippen MR) is 90.3 cm³/mol. The van der Waals surface area contributed by atoms with Gasteiger partial charge in [0, 0.05) is 0 Å². The third kappa shape index (κ3) is 2.90. The zero-order valence-corrected chi connectivity index (χ0v) is 11.9. The normalized spacial score (nSPS) is 11.1. The van der Waals surface area contributed by atoms with E-state index in [1.165, 1.54) is 16.3 Å². The van der Waals surface area contributed by atoms with Crippen LogP contribution in [0.1, 0.15) is 11.1 Å². The van der Waals surface area contributed by atoms with E-state index in [-0.39, 0.29) is 0 Å². The summed E-state index contributed by atoms with van der Waals surface area (Å²) >= 11 is 0. The van der Waals surface area contributed by atoms with E-state index < -0.39 is 0 Å². The molecule has 0 saturated carbocycles. The Morgan fingerprint density at radius 3 is 2.19 bits per heavy atom. The van der Waals surface area contributed by atoms with Gasteiger partial charge in [-0.1, -0.05) is 54.6 Å². The van der Waals surface area contributed by atoms with Gasteiger partial charge in [-0.15, -0.1) is 0 Å². The number of methoxy groups -OCH3 is 1. The highest BCUT2D eigenvalue weighted by Gasteiger charge is 1.98. The quantitative estimate of drug-likeness (QED) is 0.560. The lowest BCUT2D eigenvalue weighted by atomic mass is 10.1. The highest BCUT2D eigenvalue weighted by molar-refractivity contribution is 5.86. The fourth-order valence-electron chi connectivity index (χ4n) is 2.36. The zero-order chi connectivity index (χ0) is 14.7. The van der Waals surface area contributed by atoms with Crippen LogP contribution >= 0.6 is 0 Å². The number of ether oxygens (including phenoxy) is 1. The highest BCUT2D eigenvalue weighted by atomic mass is 16.5. The molecule has 2 nitrogen and oxygen atoms in total. The van der Waals surface area contributed by atoms with Crippen molar-refractivity contribution in [1.29, 1.82) is 0 Å². The minimum absolute atomic E-state index is 0.651. The van der Waals surface area contributed by atoms with Crippen LogP contribution in [-0.2, 0) is 0 Å². The summed E-state index contributed by atoms with van der Waals surface area (Å²) in [6, 6.07) is 20.6. The maximum Gasteiger partial charge on any atom is 0.141 e. The molecule has 3 rings (SSSR count). The number of nitrogens with two attached hydrogens (primary N) is 1. The molecule has 0 bridgehead atoms. The molecule has 3 aromatic carbocycles. The molecule has 2 heteroatoms. The molecule has 0 unspecified atom stereocenters. The fraction of sp³-hybridized carbons (Fsp3) is 0.0526. The van der Waals surface area contributed by atoms with E-state index in [4.69, 9.17) is 10.5 Å². The van der Waals surface area contributed by atoms with Crippen molar-refractivity contribution >= 4 is 28.6 Å². The summed E-state index contributed by atoms with van der Waals surface area (Å²) in [5.41, 5.74) is 8.79. The molecule has 0 spiro atoms. The Hall–Kier alpha value is -2.74. The lowest BCUT2D eigenvalue weighted by Crippen LogP contribution is -1.92. The van der Waals surface area contributed by atoms with Crippen LogP contribution < -0.4 is 10.5 Å². The average Bonchev–Trinajstić information content (AvgIpc) is 2.53. The third-order valence-corrected chi connectivity index (χ3v) is 3.50. The monoisotopic (exact) mass is 275 g/mol. The van der Waals surface area contributed by atoms with Crippen LogP contribution in [0.15, 0.2) is 60.7 Å². The Kier molecular flexibility index (Phi) is 3.61. The van der Waals surface area contributed by atoms with Gasteiger partial charge in [-0.05, 0) is 40.1 Å². The van der Waals surface area contributed by atoms with Crippen molar-refractivity contribution in [3.8, 4) is 5.75 Å². The molecule has 0 aliphatic heterocycles. The van der Waals surface area contributed by atoms with E-state index in [0.717, 1.165) is 5.56 Å². The molecule has 0 aliphatic rings. The Bertz CT molecular complexity index is 806. The van der Waals surface area contributed by atoms with Crippen molar-refractivity contribution in [3.05, 3.63) is 71.8 Å². The van der Waals surface area contributed by atoms with Gasteiger partial charge in [0.15, 0.2) is 0 Å². The minimum atomic E-state index is 0.651. The first kappa shape index (κ1) is 13.3. The Balaban J connectivity index is 1.88. The van der Waals surface area contributed by atoms with E-state index in [1.807, 2.05) is 18.2 Å². The number of fused-ring (bicyclic) bond motifs is 1. The summed E-state index contributed by atoms with van der Waals surface area (Å²) in [6.07, 6.45) is 4.15. The molecule has 0 saturated heterocycles. The summed E-state index contributed by atoms with van der Waals surface area (Å²) in [7, 11) is 1.62. The summed E-state index contributed by atoms with van der Waals surface area (Å²) in [5, 5.41) is 2.50. The zero-order valence-electron chi connectivity index (χ0n) is 11.9. The first-order chi connectivity index (χ1) is 10.3. The number of rotatable bonds is 3. The van der Waals surface area contributed by atoms with Crippen LogP contribution in [0.4, 0.5) is 5.69 Å². The van der Waals surface area contributed by atoms with Crippen LogP contribution in [0.3, 0.4) is 0 Å². The van der Waals surface area contributed by atoms with Crippen LogP contribution in [0.5, 0.6) is 5.75 Å². The molecule has 0 aromatic heterocycles.